The van der Waals surface area contributed by atoms with E-state index in [1.54, 1.807) is 0 Å². The van der Waals surface area contributed by atoms with Crippen LogP contribution in [0.3, 0.4) is 0 Å². The molecule has 2 atom stereocenters. The van der Waals surface area contributed by atoms with Gasteiger partial charge in [-0.1, -0.05) is 0 Å². The maximum Gasteiger partial charge on any atom is 0.389 e. The molecule has 2 aliphatic rings. The lowest BCUT2D eigenvalue weighted by atomic mass is 9.67. The number of nitrogens with zero attached hydrogens (tertiary/aromatic N) is 1. The first kappa shape index (κ1) is 20.3. The zero-order chi connectivity index (χ0) is 20.9. The van der Waals surface area contributed by atoms with E-state index in [-0.39, 0.29) is 19.0 Å². The van der Waals surface area contributed by atoms with Gasteiger partial charge in [-0.2, -0.15) is 13.2 Å². The van der Waals surface area contributed by atoms with Gasteiger partial charge in [-0.05, 0) is 24.5 Å². The molecule has 1 amide bonds. The van der Waals surface area contributed by atoms with Crippen LogP contribution in [-0.4, -0.2) is 40.6 Å². The number of alkyl halides is 3. The number of benzene rings is 1. The molecule has 0 N–H and O–H groups in total. The van der Waals surface area contributed by atoms with Crippen LogP contribution in [0.5, 0.6) is 0 Å². The minimum absolute atomic E-state index is 0.0190. The van der Waals surface area contributed by atoms with Crippen molar-refractivity contribution in [1.29, 1.82) is 0 Å². The molecule has 0 aliphatic carbocycles. The SMILES string of the molecule is O=C(CC(=O)C12CCCN1C(=O)C2CC(F)(F)F)Cc1cc(F)c(F)cc1F. The Kier molecular flexibility index (Phi) is 5.01. The Labute approximate surface area is 155 Å². The van der Waals surface area contributed by atoms with E-state index in [4.69, 9.17) is 0 Å². The fourth-order valence-corrected chi connectivity index (χ4v) is 4.11. The smallest absolute Gasteiger partial charge is 0.329 e. The Morgan fingerprint density at radius 2 is 1.75 bits per heavy atom. The van der Waals surface area contributed by atoms with Crippen molar-refractivity contribution in [2.24, 2.45) is 5.92 Å². The van der Waals surface area contributed by atoms with Gasteiger partial charge in [-0.15, -0.1) is 0 Å². The number of halogens is 6. The first-order valence-corrected chi connectivity index (χ1v) is 8.52. The average Bonchev–Trinajstić information content (AvgIpc) is 2.98. The second kappa shape index (κ2) is 6.89. The summed E-state index contributed by atoms with van der Waals surface area (Å²) in [5.41, 5.74) is -2.14. The molecule has 2 saturated heterocycles. The van der Waals surface area contributed by atoms with Crippen LogP contribution in [0.2, 0.25) is 0 Å². The molecule has 0 spiro atoms. The lowest BCUT2D eigenvalue weighted by Gasteiger charge is -2.52. The molecule has 2 heterocycles. The molecule has 0 aromatic heterocycles. The van der Waals surface area contributed by atoms with Crippen LogP contribution in [-0.2, 0) is 20.8 Å². The van der Waals surface area contributed by atoms with Crippen molar-refractivity contribution in [2.75, 3.05) is 6.54 Å². The molecule has 0 bridgehead atoms. The van der Waals surface area contributed by atoms with E-state index in [0.29, 0.717) is 12.5 Å². The summed E-state index contributed by atoms with van der Waals surface area (Å²) >= 11 is 0. The summed E-state index contributed by atoms with van der Waals surface area (Å²) in [6.45, 7) is 0.130. The molecule has 2 unspecified atom stereocenters. The molecule has 1 aromatic rings. The number of hydrogen-bond acceptors (Lipinski definition) is 3. The zero-order valence-corrected chi connectivity index (χ0v) is 14.4. The summed E-state index contributed by atoms with van der Waals surface area (Å²) < 4.78 is 78.2. The van der Waals surface area contributed by atoms with Crippen LogP contribution in [0.25, 0.3) is 0 Å². The molecule has 2 fully saturated rings. The van der Waals surface area contributed by atoms with E-state index < -0.39 is 77.4 Å². The van der Waals surface area contributed by atoms with Crippen molar-refractivity contribution in [1.82, 2.24) is 4.90 Å². The van der Waals surface area contributed by atoms with Gasteiger partial charge in [0.15, 0.2) is 17.4 Å². The van der Waals surface area contributed by atoms with Crippen molar-refractivity contribution in [3.63, 3.8) is 0 Å². The van der Waals surface area contributed by atoms with Gasteiger partial charge in [0.2, 0.25) is 5.91 Å². The van der Waals surface area contributed by atoms with Crippen LogP contribution in [0.15, 0.2) is 12.1 Å². The van der Waals surface area contributed by atoms with Gasteiger partial charge in [0.05, 0.1) is 18.8 Å². The number of ketones is 2. The van der Waals surface area contributed by atoms with Crippen LogP contribution < -0.4 is 0 Å². The molecule has 0 saturated carbocycles. The minimum Gasteiger partial charge on any atom is -0.329 e. The van der Waals surface area contributed by atoms with E-state index >= 15 is 0 Å². The maximum absolute atomic E-state index is 13.7. The van der Waals surface area contributed by atoms with E-state index in [0.717, 1.165) is 4.90 Å². The molecular formula is C18H15F6NO3. The number of Topliss-reactive ketones (excluding diaryl/α,β-unsaturated/α-hetero) is 2. The van der Waals surface area contributed by atoms with Crippen LogP contribution >= 0.6 is 0 Å². The van der Waals surface area contributed by atoms with Crippen molar-refractivity contribution in [2.45, 2.75) is 43.8 Å². The standard InChI is InChI=1S/C18H15F6NO3/c19-12-7-14(21)13(20)5-9(12)4-10(26)6-15(27)17-2-1-3-25(17)16(28)11(17)8-18(22,23)24/h5,7,11H,1-4,6,8H2. The zero-order valence-electron chi connectivity index (χ0n) is 14.4. The summed E-state index contributed by atoms with van der Waals surface area (Å²) in [5.74, 6) is -8.03. The van der Waals surface area contributed by atoms with E-state index in [1.807, 2.05) is 0 Å². The highest BCUT2D eigenvalue weighted by atomic mass is 19.4. The molecule has 28 heavy (non-hydrogen) atoms. The van der Waals surface area contributed by atoms with Crippen LogP contribution in [0.4, 0.5) is 26.3 Å². The van der Waals surface area contributed by atoms with Crippen LogP contribution in [0.1, 0.15) is 31.2 Å². The molecule has 3 rings (SSSR count). The molecule has 10 heteroatoms. The Hall–Kier alpha value is -2.39. The van der Waals surface area contributed by atoms with E-state index in [9.17, 15) is 40.7 Å². The number of amides is 1. The lowest BCUT2D eigenvalue weighted by Crippen LogP contribution is -2.72. The summed E-state index contributed by atoms with van der Waals surface area (Å²) in [4.78, 5) is 37.9. The summed E-state index contributed by atoms with van der Waals surface area (Å²) in [7, 11) is 0. The van der Waals surface area contributed by atoms with Crippen LogP contribution in [0, 0.1) is 23.4 Å². The molecule has 152 valence electrons. The van der Waals surface area contributed by atoms with E-state index in [2.05, 4.69) is 0 Å². The first-order valence-electron chi connectivity index (χ1n) is 8.52. The Morgan fingerprint density at radius 3 is 2.39 bits per heavy atom. The number of hydrogen-bond donors (Lipinski definition) is 0. The molecule has 1 aromatic carbocycles. The largest absolute Gasteiger partial charge is 0.389 e. The van der Waals surface area contributed by atoms with Gasteiger partial charge < -0.3 is 4.90 Å². The Balaban J connectivity index is 1.75. The third-order valence-electron chi connectivity index (χ3n) is 5.31. The third-order valence-corrected chi connectivity index (χ3v) is 5.31. The first-order chi connectivity index (χ1) is 13.0. The molecule has 4 nitrogen and oxygen atoms in total. The second-order valence-corrected chi connectivity index (χ2v) is 7.06. The van der Waals surface area contributed by atoms with Gasteiger partial charge in [-0.3, -0.25) is 14.4 Å². The topological polar surface area (TPSA) is 54.5 Å². The molecular weight excluding hydrogens is 392 g/mol. The van der Waals surface area contributed by atoms with E-state index in [1.165, 1.54) is 0 Å². The summed E-state index contributed by atoms with van der Waals surface area (Å²) in [6, 6.07) is 0.758. The average molecular weight is 407 g/mol. The highest BCUT2D eigenvalue weighted by molar-refractivity contribution is 6.11. The highest BCUT2D eigenvalue weighted by Gasteiger charge is 2.67. The van der Waals surface area contributed by atoms with Crippen molar-refractivity contribution >= 4 is 17.5 Å². The number of fused-ring (bicyclic) bond motifs is 1. The summed E-state index contributed by atoms with van der Waals surface area (Å²) in [6.07, 6.45) is -7.30. The molecule has 0 radical (unpaired) electrons. The molecule has 2 aliphatic heterocycles. The fourth-order valence-electron chi connectivity index (χ4n) is 4.11. The van der Waals surface area contributed by atoms with Gasteiger partial charge in [0, 0.05) is 19.0 Å². The van der Waals surface area contributed by atoms with Gasteiger partial charge in [0.1, 0.15) is 17.1 Å². The maximum atomic E-state index is 13.7. The van der Waals surface area contributed by atoms with Gasteiger partial charge in [0.25, 0.3) is 0 Å². The van der Waals surface area contributed by atoms with Gasteiger partial charge in [-0.25, -0.2) is 13.2 Å². The van der Waals surface area contributed by atoms with Gasteiger partial charge >= 0.3 is 6.18 Å². The predicted octanol–water partition coefficient (Wildman–Crippen LogP) is 3.12. The third kappa shape index (κ3) is 3.40. The summed E-state index contributed by atoms with van der Waals surface area (Å²) in [5, 5.41) is 0. The Bertz CT molecular complexity index is 852. The monoisotopic (exact) mass is 407 g/mol. The fraction of sp³-hybridized carbons (Fsp3) is 0.500. The second-order valence-electron chi connectivity index (χ2n) is 7.06. The van der Waals surface area contributed by atoms with Crippen molar-refractivity contribution in [3.8, 4) is 0 Å². The number of carbonyl (C=O) groups excluding carboxylic acids is 3. The number of rotatable bonds is 6. The van der Waals surface area contributed by atoms with Crippen molar-refractivity contribution in [3.05, 3.63) is 35.1 Å². The lowest BCUT2D eigenvalue weighted by molar-refractivity contribution is -0.195. The predicted molar refractivity (Wildman–Crippen MR) is 82.5 cm³/mol. The number of β-lactam (4-membered cyclic amide) rings is 1. The van der Waals surface area contributed by atoms with Crippen molar-refractivity contribution < 1.29 is 40.7 Å². The highest BCUT2D eigenvalue weighted by Crippen LogP contribution is 2.51. The number of carbonyl (C=O) groups is 3. The quantitative estimate of drug-likeness (QED) is 0.315. The Morgan fingerprint density at radius 1 is 1.11 bits per heavy atom. The normalized spacial score (nSPS) is 24.1. The minimum atomic E-state index is -4.65.